The van der Waals surface area contributed by atoms with Crippen LogP contribution in [0.5, 0.6) is 17.2 Å². The van der Waals surface area contributed by atoms with Gasteiger partial charge in [-0.15, -0.1) is 0 Å². The van der Waals surface area contributed by atoms with Crippen molar-refractivity contribution >= 4 is 44.0 Å². The Morgan fingerprint density at radius 2 is 1.96 bits per heavy atom. The minimum Gasteiger partial charge on any atom is -0.503 e. The number of phenols is 1. The topological polar surface area (TPSA) is 80.2 Å². The van der Waals surface area contributed by atoms with Crippen LogP contribution in [0.4, 0.5) is 0 Å². The van der Waals surface area contributed by atoms with Crippen LogP contribution in [0.15, 0.2) is 38.3 Å². The van der Waals surface area contributed by atoms with Crippen LogP contribution in [0.25, 0.3) is 0 Å². The fourth-order valence-electron chi connectivity index (χ4n) is 2.26. The first-order valence-electron chi connectivity index (χ1n) is 7.59. The second-order valence-electron chi connectivity index (χ2n) is 5.53. The number of benzene rings is 2. The predicted molar refractivity (Wildman–Crippen MR) is 107 cm³/mol. The van der Waals surface area contributed by atoms with Gasteiger partial charge >= 0.3 is 0 Å². The molecule has 0 unspecified atom stereocenters. The third kappa shape index (κ3) is 5.22. The van der Waals surface area contributed by atoms with E-state index in [1.807, 2.05) is 26.0 Å². The van der Waals surface area contributed by atoms with E-state index in [9.17, 15) is 9.90 Å². The van der Waals surface area contributed by atoms with Crippen molar-refractivity contribution < 1.29 is 19.4 Å². The van der Waals surface area contributed by atoms with E-state index in [4.69, 9.17) is 9.47 Å². The fraction of sp³-hybridized carbons (Fsp3) is 0.222. The number of aromatic hydroxyl groups is 1. The van der Waals surface area contributed by atoms with Crippen LogP contribution in [0.1, 0.15) is 16.7 Å². The molecule has 0 fully saturated rings. The lowest BCUT2D eigenvalue weighted by Crippen LogP contribution is -2.24. The van der Waals surface area contributed by atoms with Gasteiger partial charge in [-0.3, -0.25) is 4.79 Å². The molecule has 6 nitrogen and oxygen atoms in total. The smallest absolute Gasteiger partial charge is 0.277 e. The average molecular weight is 486 g/mol. The van der Waals surface area contributed by atoms with Crippen molar-refractivity contribution in [3.05, 3.63) is 49.9 Å². The molecule has 2 aromatic rings. The minimum absolute atomic E-state index is 0.00105. The summed E-state index contributed by atoms with van der Waals surface area (Å²) in [6.45, 7) is 3.74. The molecular weight excluding hydrogens is 468 g/mol. The lowest BCUT2D eigenvalue weighted by molar-refractivity contribution is -0.123. The van der Waals surface area contributed by atoms with Crippen LogP contribution >= 0.6 is 31.9 Å². The third-order valence-electron chi connectivity index (χ3n) is 3.39. The molecule has 0 radical (unpaired) electrons. The highest BCUT2D eigenvalue weighted by molar-refractivity contribution is 9.10. The Kier molecular flexibility index (Phi) is 7.05. The number of carbonyl (C=O) groups is 1. The second kappa shape index (κ2) is 9.05. The molecule has 0 aromatic heterocycles. The molecule has 0 saturated carbocycles. The number of rotatable bonds is 6. The molecule has 2 aromatic carbocycles. The number of hydrazone groups is 1. The zero-order valence-electron chi connectivity index (χ0n) is 14.5. The maximum Gasteiger partial charge on any atom is 0.277 e. The van der Waals surface area contributed by atoms with Crippen LogP contribution in [-0.4, -0.2) is 30.9 Å². The van der Waals surface area contributed by atoms with Gasteiger partial charge < -0.3 is 14.6 Å². The van der Waals surface area contributed by atoms with E-state index in [-0.39, 0.29) is 12.4 Å². The van der Waals surface area contributed by atoms with Gasteiger partial charge in [-0.25, -0.2) is 5.43 Å². The summed E-state index contributed by atoms with van der Waals surface area (Å²) in [5.74, 6) is 0.538. The first kappa shape index (κ1) is 20.3. The highest BCUT2D eigenvalue weighted by Crippen LogP contribution is 2.34. The summed E-state index contributed by atoms with van der Waals surface area (Å²) >= 11 is 6.66. The lowest BCUT2D eigenvalue weighted by Gasteiger charge is -2.11. The summed E-state index contributed by atoms with van der Waals surface area (Å²) in [7, 11) is 1.45. The molecule has 26 heavy (non-hydrogen) atoms. The second-order valence-corrected chi connectivity index (χ2v) is 7.24. The normalized spacial score (nSPS) is 10.8. The van der Waals surface area contributed by atoms with Gasteiger partial charge in [0, 0.05) is 0 Å². The Morgan fingerprint density at radius 1 is 1.23 bits per heavy atom. The molecule has 0 aliphatic heterocycles. The summed E-state index contributed by atoms with van der Waals surface area (Å²) in [5, 5.41) is 13.7. The zero-order chi connectivity index (χ0) is 19.3. The Balaban J connectivity index is 1.95. The highest BCUT2D eigenvalue weighted by atomic mass is 79.9. The summed E-state index contributed by atoms with van der Waals surface area (Å²) in [4.78, 5) is 11.9. The summed E-state index contributed by atoms with van der Waals surface area (Å²) in [5.41, 5.74) is 5.08. The van der Waals surface area contributed by atoms with Crippen LogP contribution < -0.4 is 14.9 Å². The molecule has 0 heterocycles. The molecule has 0 atom stereocenters. The van der Waals surface area contributed by atoms with Gasteiger partial charge in [0.15, 0.2) is 18.1 Å². The molecule has 0 aliphatic carbocycles. The van der Waals surface area contributed by atoms with Crippen LogP contribution in [0.2, 0.25) is 0 Å². The molecule has 8 heteroatoms. The Hall–Kier alpha value is -2.06. The van der Waals surface area contributed by atoms with Gasteiger partial charge in [-0.1, -0.05) is 6.07 Å². The predicted octanol–water partition coefficient (Wildman–Crippen LogP) is 4.07. The number of methoxy groups -OCH3 is 1. The SMILES string of the molecule is COc1cc(/C=N/NC(=O)COc2c(C)cc(C)cc2Br)cc(Br)c1O. The van der Waals surface area contributed by atoms with Crippen molar-refractivity contribution in [3.63, 3.8) is 0 Å². The molecule has 2 rings (SSSR count). The van der Waals surface area contributed by atoms with E-state index < -0.39 is 5.91 Å². The average Bonchev–Trinajstić information content (AvgIpc) is 2.56. The van der Waals surface area contributed by atoms with Gasteiger partial charge in [-0.2, -0.15) is 5.10 Å². The number of nitrogens with one attached hydrogen (secondary N) is 1. The number of aryl methyl sites for hydroxylation is 2. The first-order valence-corrected chi connectivity index (χ1v) is 9.18. The van der Waals surface area contributed by atoms with E-state index >= 15 is 0 Å². The van der Waals surface area contributed by atoms with Crippen LogP contribution in [-0.2, 0) is 4.79 Å². The first-order chi connectivity index (χ1) is 12.3. The van der Waals surface area contributed by atoms with E-state index in [0.29, 0.717) is 21.5 Å². The molecular formula is C18H18Br2N2O4. The van der Waals surface area contributed by atoms with Crippen molar-refractivity contribution in [2.75, 3.05) is 13.7 Å². The number of nitrogens with zero attached hydrogens (tertiary/aromatic N) is 1. The molecule has 0 bridgehead atoms. The number of carbonyl (C=O) groups excluding carboxylic acids is 1. The van der Waals surface area contributed by atoms with Crippen molar-refractivity contribution in [2.24, 2.45) is 5.10 Å². The molecule has 0 saturated heterocycles. The minimum atomic E-state index is -0.391. The van der Waals surface area contributed by atoms with Gasteiger partial charge in [-0.05, 0) is 80.6 Å². The maximum absolute atomic E-state index is 11.9. The molecule has 2 N–H and O–H groups in total. The van der Waals surface area contributed by atoms with Gasteiger partial charge in [0.1, 0.15) is 5.75 Å². The lowest BCUT2D eigenvalue weighted by atomic mass is 10.1. The largest absolute Gasteiger partial charge is 0.503 e. The number of hydrogen-bond acceptors (Lipinski definition) is 5. The number of halogens is 2. The number of hydrogen-bond donors (Lipinski definition) is 2. The maximum atomic E-state index is 11.9. The summed E-state index contributed by atoms with van der Waals surface area (Å²) in [6.07, 6.45) is 1.44. The summed E-state index contributed by atoms with van der Waals surface area (Å²) in [6, 6.07) is 7.15. The number of phenolic OH excluding ortho intramolecular Hbond substituents is 1. The van der Waals surface area contributed by atoms with Crippen LogP contribution in [0, 0.1) is 13.8 Å². The van der Waals surface area contributed by atoms with Crippen molar-refractivity contribution in [1.82, 2.24) is 5.43 Å². The monoisotopic (exact) mass is 484 g/mol. The number of amides is 1. The van der Waals surface area contributed by atoms with E-state index in [2.05, 4.69) is 42.4 Å². The van der Waals surface area contributed by atoms with Crippen molar-refractivity contribution in [1.29, 1.82) is 0 Å². The highest BCUT2D eigenvalue weighted by Gasteiger charge is 2.10. The standard InChI is InChI=1S/C18H18Br2N2O4/c1-10-4-11(2)18(14(20)5-10)26-9-16(23)22-21-8-12-6-13(19)17(24)15(7-12)25-3/h4-8,24H,9H2,1-3H3,(H,22,23)/b21-8+. The van der Waals surface area contributed by atoms with Gasteiger partial charge in [0.25, 0.3) is 5.91 Å². The van der Waals surface area contributed by atoms with Gasteiger partial charge in [0.2, 0.25) is 0 Å². The molecule has 138 valence electrons. The third-order valence-corrected chi connectivity index (χ3v) is 4.59. The summed E-state index contributed by atoms with van der Waals surface area (Å²) < 4.78 is 11.9. The van der Waals surface area contributed by atoms with E-state index in [1.54, 1.807) is 12.1 Å². The Bertz CT molecular complexity index is 830. The zero-order valence-corrected chi connectivity index (χ0v) is 17.6. The molecule has 0 spiro atoms. The Labute approximate surface area is 168 Å². The quantitative estimate of drug-likeness (QED) is 0.477. The van der Waals surface area contributed by atoms with Crippen molar-refractivity contribution in [2.45, 2.75) is 13.8 Å². The van der Waals surface area contributed by atoms with Gasteiger partial charge in [0.05, 0.1) is 22.3 Å². The fourth-order valence-corrected chi connectivity index (χ4v) is 3.51. The Morgan fingerprint density at radius 3 is 2.62 bits per heavy atom. The number of ether oxygens (including phenoxy) is 2. The molecule has 0 aliphatic rings. The van der Waals surface area contributed by atoms with E-state index in [0.717, 1.165) is 15.6 Å². The van der Waals surface area contributed by atoms with Crippen LogP contribution in [0.3, 0.4) is 0 Å². The van der Waals surface area contributed by atoms with Crippen molar-refractivity contribution in [3.8, 4) is 17.2 Å². The van der Waals surface area contributed by atoms with E-state index in [1.165, 1.54) is 13.3 Å². The molecule has 1 amide bonds.